The fourth-order valence-electron chi connectivity index (χ4n) is 3.48. The minimum absolute atomic E-state index is 0.114. The van der Waals surface area contributed by atoms with Gasteiger partial charge in [-0.2, -0.15) is 0 Å². The molecule has 0 radical (unpaired) electrons. The van der Waals surface area contributed by atoms with Crippen LogP contribution in [0.25, 0.3) is 0 Å². The number of esters is 1. The number of hydrogen-bond donors (Lipinski definition) is 1. The van der Waals surface area contributed by atoms with Crippen LogP contribution >= 0.6 is 11.6 Å². The van der Waals surface area contributed by atoms with Gasteiger partial charge >= 0.3 is 5.97 Å². The fourth-order valence-corrected chi connectivity index (χ4v) is 3.80. The van der Waals surface area contributed by atoms with Gasteiger partial charge in [-0.15, -0.1) is 0 Å². The van der Waals surface area contributed by atoms with Crippen LogP contribution in [-0.2, 0) is 0 Å². The van der Waals surface area contributed by atoms with E-state index in [4.69, 9.17) is 22.1 Å². The van der Waals surface area contributed by atoms with Gasteiger partial charge in [0.1, 0.15) is 5.75 Å². The second-order valence-corrected chi connectivity index (χ2v) is 8.71. The Bertz CT molecular complexity index is 823. The van der Waals surface area contributed by atoms with Gasteiger partial charge in [-0.1, -0.05) is 50.6 Å². The van der Waals surface area contributed by atoms with E-state index in [1.807, 2.05) is 25.1 Å². The second-order valence-electron chi connectivity index (χ2n) is 8.30. The van der Waals surface area contributed by atoms with Crippen molar-refractivity contribution in [3.05, 3.63) is 64.2 Å². The Morgan fingerprint density at radius 2 is 1.96 bits per heavy atom. The van der Waals surface area contributed by atoms with E-state index < -0.39 is 5.97 Å². The average molecular weight is 372 g/mol. The van der Waals surface area contributed by atoms with Crippen molar-refractivity contribution in [2.75, 3.05) is 0 Å². The lowest BCUT2D eigenvalue weighted by atomic mass is 9.87. The minimum Gasteiger partial charge on any atom is -0.423 e. The van der Waals surface area contributed by atoms with Crippen molar-refractivity contribution in [2.45, 2.75) is 46.1 Å². The van der Waals surface area contributed by atoms with E-state index in [9.17, 15) is 4.79 Å². The Hall–Kier alpha value is -1.84. The molecule has 3 atom stereocenters. The summed E-state index contributed by atoms with van der Waals surface area (Å²) in [5.74, 6) is 1.19. The number of rotatable bonds is 4. The molecular formula is C22H26ClNO2. The van der Waals surface area contributed by atoms with Gasteiger partial charge in [0.2, 0.25) is 0 Å². The van der Waals surface area contributed by atoms with Gasteiger partial charge in [-0.25, -0.2) is 4.79 Å². The molecule has 0 spiro atoms. The molecule has 0 unspecified atom stereocenters. The smallest absolute Gasteiger partial charge is 0.343 e. The first kappa shape index (κ1) is 18.9. The molecule has 2 aromatic rings. The van der Waals surface area contributed by atoms with Crippen molar-refractivity contribution in [2.24, 2.45) is 17.1 Å². The summed E-state index contributed by atoms with van der Waals surface area (Å²) in [5, 5.41) is 0.639. The molecule has 0 amide bonds. The zero-order chi connectivity index (χ0) is 19.1. The highest BCUT2D eigenvalue weighted by Crippen LogP contribution is 2.57. The maximum absolute atomic E-state index is 12.5. The summed E-state index contributed by atoms with van der Waals surface area (Å²) in [6.45, 7) is 8.66. The zero-order valence-electron chi connectivity index (χ0n) is 15.8. The molecule has 1 fully saturated rings. The highest BCUT2D eigenvalue weighted by Gasteiger charge is 2.46. The molecule has 0 saturated heterocycles. The predicted octanol–water partition coefficient (Wildman–Crippen LogP) is 5.73. The number of benzene rings is 2. The Morgan fingerprint density at radius 3 is 2.54 bits per heavy atom. The summed E-state index contributed by atoms with van der Waals surface area (Å²) < 4.78 is 5.48. The molecule has 4 heteroatoms. The van der Waals surface area contributed by atoms with Crippen molar-refractivity contribution in [1.82, 2.24) is 0 Å². The van der Waals surface area contributed by atoms with E-state index in [0.29, 0.717) is 28.2 Å². The third-order valence-electron chi connectivity index (χ3n) is 5.13. The molecule has 0 aromatic heterocycles. The molecule has 2 N–H and O–H groups in total. The maximum atomic E-state index is 12.5. The van der Waals surface area contributed by atoms with Crippen LogP contribution < -0.4 is 10.5 Å². The Kier molecular flexibility index (Phi) is 5.14. The van der Waals surface area contributed by atoms with Gasteiger partial charge in [0, 0.05) is 11.1 Å². The van der Waals surface area contributed by atoms with E-state index in [0.717, 1.165) is 17.5 Å². The van der Waals surface area contributed by atoms with Crippen molar-refractivity contribution in [3.63, 3.8) is 0 Å². The Labute approximate surface area is 160 Å². The standard InChI is InChI=1S/C22H26ClNO2/c1-13(24)14-6-5-7-16(10-14)26-21(25)15-8-9-17(20(23)11-15)18-12-19(18)22(2,3)4/h5-11,13,18-19H,12,24H2,1-4H3/t13-,18-,19+/m0/s1. The second kappa shape index (κ2) is 7.05. The molecule has 26 heavy (non-hydrogen) atoms. The Morgan fingerprint density at radius 1 is 1.23 bits per heavy atom. The van der Waals surface area contributed by atoms with Crippen molar-refractivity contribution in [3.8, 4) is 5.75 Å². The lowest BCUT2D eigenvalue weighted by Gasteiger charge is -2.18. The molecule has 0 aliphatic heterocycles. The number of carbonyl (C=O) groups excluding carboxylic acids is 1. The van der Waals surface area contributed by atoms with E-state index >= 15 is 0 Å². The van der Waals surface area contributed by atoms with Gasteiger partial charge < -0.3 is 10.5 Å². The summed E-state index contributed by atoms with van der Waals surface area (Å²) in [6, 6.07) is 12.6. The SMILES string of the molecule is C[C@H](N)c1cccc(OC(=O)c2ccc([C@@H]3C[C@H]3C(C)(C)C)c(Cl)c2)c1. The molecule has 0 heterocycles. The highest BCUT2D eigenvalue weighted by atomic mass is 35.5. The Balaban J connectivity index is 1.73. The summed E-state index contributed by atoms with van der Waals surface area (Å²) in [5.41, 5.74) is 8.66. The summed E-state index contributed by atoms with van der Waals surface area (Å²) in [6.07, 6.45) is 1.15. The van der Waals surface area contributed by atoms with Crippen LogP contribution in [0.3, 0.4) is 0 Å². The quantitative estimate of drug-likeness (QED) is 0.551. The molecule has 0 bridgehead atoms. The van der Waals surface area contributed by atoms with Gasteiger partial charge in [-0.3, -0.25) is 0 Å². The molecule has 1 aliphatic rings. The maximum Gasteiger partial charge on any atom is 0.343 e. The third kappa shape index (κ3) is 4.11. The van der Waals surface area contributed by atoms with Crippen LogP contribution in [0.1, 0.15) is 67.6 Å². The monoisotopic (exact) mass is 371 g/mol. The topological polar surface area (TPSA) is 52.3 Å². The van der Waals surface area contributed by atoms with E-state index in [1.54, 1.807) is 24.3 Å². The van der Waals surface area contributed by atoms with Crippen LogP contribution in [-0.4, -0.2) is 5.97 Å². The van der Waals surface area contributed by atoms with Gasteiger partial charge in [0.15, 0.2) is 0 Å². The van der Waals surface area contributed by atoms with Crippen molar-refractivity contribution in [1.29, 1.82) is 0 Å². The first-order valence-electron chi connectivity index (χ1n) is 9.04. The number of nitrogens with two attached hydrogens (primary N) is 1. The molecule has 1 aliphatic carbocycles. The largest absolute Gasteiger partial charge is 0.423 e. The predicted molar refractivity (Wildman–Crippen MR) is 106 cm³/mol. The first-order chi connectivity index (χ1) is 12.2. The molecule has 138 valence electrons. The number of ether oxygens (including phenoxy) is 1. The summed E-state index contributed by atoms with van der Waals surface area (Å²) in [4.78, 5) is 12.5. The lowest BCUT2D eigenvalue weighted by molar-refractivity contribution is 0.0734. The number of carbonyl (C=O) groups is 1. The van der Waals surface area contributed by atoms with Crippen LogP contribution in [0.4, 0.5) is 0 Å². The van der Waals surface area contributed by atoms with Gasteiger partial charge in [-0.05, 0) is 66.0 Å². The molecule has 1 saturated carbocycles. The van der Waals surface area contributed by atoms with Gasteiger partial charge in [0.25, 0.3) is 0 Å². The fraction of sp³-hybridized carbons (Fsp3) is 0.409. The van der Waals surface area contributed by atoms with E-state index in [-0.39, 0.29) is 11.5 Å². The van der Waals surface area contributed by atoms with Crippen molar-refractivity contribution >= 4 is 17.6 Å². The number of halogens is 1. The molecule has 3 nitrogen and oxygen atoms in total. The van der Waals surface area contributed by atoms with Crippen molar-refractivity contribution < 1.29 is 9.53 Å². The molecular weight excluding hydrogens is 346 g/mol. The minimum atomic E-state index is -0.413. The van der Waals surface area contributed by atoms with Crippen LogP contribution in [0.2, 0.25) is 5.02 Å². The highest BCUT2D eigenvalue weighted by molar-refractivity contribution is 6.31. The third-order valence-corrected chi connectivity index (χ3v) is 5.46. The average Bonchev–Trinajstić information content (AvgIpc) is 3.35. The van der Waals surface area contributed by atoms with E-state index in [1.165, 1.54) is 0 Å². The van der Waals surface area contributed by atoms with Crippen LogP contribution in [0.15, 0.2) is 42.5 Å². The summed E-state index contributed by atoms with van der Waals surface area (Å²) >= 11 is 6.47. The zero-order valence-corrected chi connectivity index (χ0v) is 16.5. The summed E-state index contributed by atoms with van der Waals surface area (Å²) in [7, 11) is 0. The first-order valence-corrected chi connectivity index (χ1v) is 9.42. The normalized spacial score (nSPS) is 20.5. The molecule has 2 aromatic carbocycles. The van der Waals surface area contributed by atoms with E-state index in [2.05, 4.69) is 20.8 Å². The van der Waals surface area contributed by atoms with Gasteiger partial charge in [0.05, 0.1) is 5.56 Å². The lowest BCUT2D eigenvalue weighted by Crippen LogP contribution is -2.11. The number of hydrogen-bond acceptors (Lipinski definition) is 3. The van der Waals surface area contributed by atoms with Crippen LogP contribution in [0, 0.1) is 11.3 Å². The molecule has 3 rings (SSSR count). The van der Waals surface area contributed by atoms with Crippen LogP contribution in [0.5, 0.6) is 5.75 Å².